The molecule has 0 aliphatic carbocycles. The Morgan fingerprint density at radius 1 is 1.37 bits per heavy atom. The lowest BCUT2D eigenvalue weighted by Crippen LogP contribution is -2.52. The van der Waals surface area contributed by atoms with Gasteiger partial charge in [0.2, 0.25) is 5.91 Å². The van der Waals surface area contributed by atoms with Gasteiger partial charge in [0.25, 0.3) is 0 Å². The Hall–Kier alpha value is -0.650. The third kappa shape index (κ3) is 4.16. The molecule has 0 saturated carbocycles. The van der Waals surface area contributed by atoms with Gasteiger partial charge in [0.15, 0.2) is 6.29 Å². The van der Waals surface area contributed by atoms with E-state index in [9.17, 15) is 4.79 Å². The monoisotopic (exact) mass is 272 g/mol. The van der Waals surface area contributed by atoms with Crippen LogP contribution in [0, 0.1) is 11.3 Å². The van der Waals surface area contributed by atoms with Gasteiger partial charge in [0, 0.05) is 19.6 Å². The Morgan fingerprint density at radius 3 is 2.47 bits per heavy atom. The van der Waals surface area contributed by atoms with Crippen LogP contribution in [0.4, 0.5) is 0 Å². The molecule has 112 valence electrons. The lowest BCUT2D eigenvalue weighted by Gasteiger charge is -2.37. The largest absolute Gasteiger partial charge is 0.354 e. The molecule has 0 radical (unpaired) electrons. The molecule has 1 saturated heterocycles. The average molecular weight is 272 g/mol. The van der Waals surface area contributed by atoms with Crippen LogP contribution >= 0.6 is 0 Å². The van der Waals surface area contributed by atoms with E-state index in [2.05, 4.69) is 10.6 Å². The molecule has 0 aromatic carbocycles. The van der Waals surface area contributed by atoms with E-state index >= 15 is 0 Å². The summed E-state index contributed by atoms with van der Waals surface area (Å²) in [6.07, 6.45) is 1.82. The number of ether oxygens (including phenoxy) is 2. The zero-order valence-corrected chi connectivity index (χ0v) is 12.8. The molecule has 5 nitrogen and oxygen atoms in total. The number of carbonyl (C=O) groups excluding carboxylic acids is 1. The van der Waals surface area contributed by atoms with Gasteiger partial charge >= 0.3 is 0 Å². The van der Waals surface area contributed by atoms with Crippen LogP contribution in [0.5, 0.6) is 0 Å². The number of nitrogens with one attached hydrogen (secondary N) is 2. The molecule has 1 fully saturated rings. The normalized spacial score (nSPS) is 22.3. The van der Waals surface area contributed by atoms with Gasteiger partial charge < -0.3 is 20.1 Å². The average Bonchev–Trinajstić information content (AvgIpc) is 2.41. The Kier molecular flexibility index (Phi) is 6.23. The minimum Gasteiger partial charge on any atom is -0.354 e. The van der Waals surface area contributed by atoms with Gasteiger partial charge in [0.1, 0.15) is 0 Å². The molecule has 1 aliphatic rings. The number of amides is 1. The van der Waals surface area contributed by atoms with E-state index in [1.165, 1.54) is 0 Å². The van der Waals surface area contributed by atoms with E-state index in [4.69, 9.17) is 9.47 Å². The fourth-order valence-electron chi connectivity index (χ4n) is 2.62. The molecule has 1 aliphatic heterocycles. The predicted molar refractivity (Wildman–Crippen MR) is 74.8 cm³/mol. The molecule has 0 aromatic heterocycles. The number of carbonyl (C=O) groups is 1. The molecule has 19 heavy (non-hydrogen) atoms. The van der Waals surface area contributed by atoms with Crippen LogP contribution in [-0.4, -0.2) is 45.5 Å². The first kappa shape index (κ1) is 16.4. The molecule has 2 unspecified atom stereocenters. The number of hydrogen-bond acceptors (Lipinski definition) is 4. The first-order chi connectivity index (χ1) is 8.93. The van der Waals surface area contributed by atoms with E-state index < -0.39 is 6.29 Å². The van der Waals surface area contributed by atoms with Gasteiger partial charge in [-0.25, -0.2) is 0 Å². The van der Waals surface area contributed by atoms with Gasteiger partial charge in [-0.3, -0.25) is 4.79 Å². The number of hydrogen-bond donors (Lipinski definition) is 2. The zero-order chi connectivity index (χ0) is 14.5. The number of piperidine rings is 1. The maximum absolute atomic E-state index is 12.5. The second-order valence-electron chi connectivity index (χ2n) is 5.87. The third-order valence-electron chi connectivity index (χ3n) is 4.13. The zero-order valence-electron chi connectivity index (χ0n) is 12.8. The molecule has 0 aromatic rings. The van der Waals surface area contributed by atoms with Gasteiger partial charge in [0.05, 0.1) is 6.04 Å². The van der Waals surface area contributed by atoms with Crippen molar-refractivity contribution in [1.82, 2.24) is 10.6 Å². The van der Waals surface area contributed by atoms with Crippen molar-refractivity contribution >= 4 is 5.91 Å². The van der Waals surface area contributed by atoms with Crippen molar-refractivity contribution in [3.8, 4) is 0 Å². The van der Waals surface area contributed by atoms with Crippen molar-refractivity contribution in [3.05, 3.63) is 0 Å². The van der Waals surface area contributed by atoms with Crippen molar-refractivity contribution in [2.75, 3.05) is 27.3 Å². The first-order valence-electron chi connectivity index (χ1n) is 7.00. The van der Waals surface area contributed by atoms with Gasteiger partial charge in [-0.1, -0.05) is 13.8 Å². The summed E-state index contributed by atoms with van der Waals surface area (Å²) in [5.74, 6) is 0.435. The fourth-order valence-corrected chi connectivity index (χ4v) is 2.62. The molecule has 2 atom stereocenters. The van der Waals surface area contributed by atoms with Crippen molar-refractivity contribution in [3.63, 3.8) is 0 Å². The summed E-state index contributed by atoms with van der Waals surface area (Å²) in [4.78, 5) is 12.5. The highest BCUT2D eigenvalue weighted by atomic mass is 16.7. The minimum atomic E-state index is -0.413. The lowest BCUT2D eigenvalue weighted by molar-refractivity contribution is -0.144. The molecular formula is C14H28N2O3. The Bertz CT molecular complexity index is 284. The summed E-state index contributed by atoms with van der Waals surface area (Å²) in [6.45, 7) is 7.89. The van der Waals surface area contributed by atoms with E-state index in [1.54, 1.807) is 14.2 Å². The third-order valence-corrected chi connectivity index (χ3v) is 4.13. The fraction of sp³-hybridized carbons (Fsp3) is 0.929. The van der Waals surface area contributed by atoms with Crippen LogP contribution in [0.1, 0.15) is 33.6 Å². The van der Waals surface area contributed by atoms with Gasteiger partial charge in [-0.15, -0.1) is 0 Å². The maximum atomic E-state index is 12.5. The molecule has 0 spiro atoms. The maximum Gasteiger partial charge on any atom is 0.226 e. The van der Waals surface area contributed by atoms with Crippen molar-refractivity contribution in [1.29, 1.82) is 0 Å². The van der Waals surface area contributed by atoms with Gasteiger partial charge in [-0.2, -0.15) is 0 Å². The summed E-state index contributed by atoms with van der Waals surface area (Å²) in [7, 11) is 3.15. The molecule has 5 heteroatoms. The number of rotatable bonds is 6. The van der Waals surface area contributed by atoms with E-state index in [0.717, 1.165) is 25.9 Å². The first-order valence-corrected chi connectivity index (χ1v) is 7.00. The molecule has 1 amide bonds. The van der Waals surface area contributed by atoms with Crippen LogP contribution in [0.15, 0.2) is 0 Å². The Morgan fingerprint density at radius 2 is 2.00 bits per heavy atom. The smallest absolute Gasteiger partial charge is 0.226 e. The van der Waals surface area contributed by atoms with Crippen LogP contribution < -0.4 is 10.6 Å². The summed E-state index contributed by atoms with van der Waals surface area (Å²) in [6, 6.07) is -0.168. The summed E-state index contributed by atoms with van der Waals surface area (Å²) < 4.78 is 10.3. The summed E-state index contributed by atoms with van der Waals surface area (Å²) in [5.41, 5.74) is -0.381. The van der Waals surface area contributed by atoms with Crippen LogP contribution in [-0.2, 0) is 14.3 Å². The quantitative estimate of drug-likeness (QED) is 0.712. The molecule has 1 rings (SSSR count). The van der Waals surface area contributed by atoms with Crippen LogP contribution in [0.2, 0.25) is 0 Å². The van der Waals surface area contributed by atoms with Crippen molar-refractivity contribution in [2.45, 2.75) is 45.9 Å². The molecular weight excluding hydrogens is 244 g/mol. The van der Waals surface area contributed by atoms with E-state index in [0.29, 0.717) is 5.92 Å². The number of methoxy groups -OCH3 is 2. The van der Waals surface area contributed by atoms with Crippen molar-refractivity contribution < 1.29 is 14.3 Å². The SMILES string of the molecule is COC(OC)C(C)NC(=O)C(C)(C)C1CCCNC1. The van der Waals surface area contributed by atoms with Crippen LogP contribution in [0.3, 0.4) is 0 Å². The summed E-state index contributed by atoms with van der Waals surface area (Å²) in [5, 5.41) is 6.37. The Balaban J connectivity index is 2.59. The highest BCUT2D eigenvalue weighted by Crippen LogP contribution is 2.32. The lowest BCUT2D eigenvalue weighted by atomic mass is 9.74. The van der Waals surface area contributed by atoms with E-state index in [1.807, 2.05) is 20.8 Å². The second kappa shape index (κ2) is 7.22. The predicted octanol–water partition coefficient (Wildman–Crippen LogP) is 1.14. The van der Waals surface area contributed by atoms with Crippen molar-refractivity contribution in [2.24, 2.45) is 11.3 Å². The van der Waals surface area contributed by atoms with E-state index in [-0.39, 0.29) is 17.4 Å². The molecule has 2 N–H and O–H groups in total. The van der Waals surface area contributed by atoms with Crippen LogP contribution in [0.25, 0.3) is 0 Å². The highest BCUT2D eigenvalue weighted by Gasteiger charge is 2.38. The Labute approximate surface area is 116 Å². The summed E-state index contributed by atoms with van der Waals surface area (Å²) >= 11 is 0. The van der Waals surface area contributed by atoms with Gasteiger partial charge in [-0.05, 0) is 38.8 Å². The topological polar surface area (TPSA) is 59.6 Å². The minimum absolute atomic E-state index is 0.0628. The second-order valence-corrected chi connectivity index (χ2v) is 5.87. The standard InChI is InChI=1S/C14H28N2O3/c1-10(12(18-4)19-5)16-13(17)14(2,3)11-7-6-8-15-9-11/h10-12,15H,6-9H2,1-5H3,(H,16,17). The molecule has 0 bridgehead atoms. The highest BCUT2D eigenvalue weighted by molar-refractivity contribution is 5.82. The molecule has 1 heterocycles.